The van der Waals surface area contributed by atoms with E-state index in [-0.39, 0.29) is 6.42 Å². The number of hydrogen-bond donors (Lipinski definition) is 2. The fraction of sp³-hybridized carbons (Fsp3) is 0.600. The molecule has 0 amide bonds. The molecule has 1 aliphatic rings. The summed E-state index contributed by atoms with van der Waals surface area (Å²) in [5.74, 6) is 0.865. The van der Waals surface area contributed by atoms with Gasteiger partial charge in [0.1, 0.15) is 5.82 Å². The Morgan fingerprint density at radius 2 is 2.40 bits per heavy atom. The van der Waals surface area contributed by atoms with Gasteiger partial charge in [-0.05, 0) is 50.9 Å². The minimum absolute atomic E-state index is 0.270. The van der Waals surface area contributed by atoms with Gasteiger partial charge in [0.2, 0.25) is 0 Å². The van der Waals surface area contributed by atoms with Crippen LogP contribution < -0.4 is 5.32 Å². The Balaban J connectivity index is 1.67. The predicted octanol–water partition coefficient (Wildman–Crippen LogP) is 1.99. The number of carbonyl (C=O) groups is 1. The van der Waals surface area contributed by atoms with Crippen LogP contribution in [0.4, 0.5) is 5.82 Å². The van der Waals surface area contributed by atoms with Crippen LogP contribution in [0.3, 0.4) is 0 Å². The molecule has 0 aliphatic carbocycles. The van der Waals surface area contributed by atoms with Gasteiger partial charge in [-0.25, -0.2) is 4.98 Å². The highest BCUT2D eigenvalue weighted by Crippen LogP contribution is 2.17. The monoisotopic (exact) mass is 277 g/mol. The number of hydrogen-bond acceptors (Lipinski definition) is 4. The first-order chi connectivity index (χ1) is 9.63. The molecule has 2 N–H and O–H groups in total. The molecule has 5 heteroatoms. The summed E-state index contributed by atoms with van der Waals surface area (Å²) >= 11 is 0. The van der Waals surface area contributed by atoms with E-state index < -0.39 is 5.97 Å². The fourth-order valence-corrected chi connectivity index (χ4v) is 2.63. The zero-order chi connectivity index (χ0) is 14.4. The normalized spacial score (nSPS) is 19.1. The van der Waals surface area contributed by atoms with Gasteiger partial charge in [-0.15, -0.1) is 0 Å². The van der Waals surface area contributed by atoms with Crippen LogP contribution in [0.15, 0.2) is 18.2 Å². The summed E-state index contributed by atoms with van der Waals surface area (Å²) in [7, 11) is 0. The van der Waals surface area contributed by atoms with Crippen LogP contribution in [0.5, 0.6) is 0 Å². The van der Waals surface area contributed by atoms with E-state index in [4.69, 9.17) is 5.11 Å². The van der Waals surface area contributed by atoms with Crippen molar-refractivity contribution in [3.63, 3.8) is 0 Å². The summed E-state index contributed by atoms with van der Waals surface area (Å²) in [6, 6.07) is 6.00. The minimum atomic E-state index is -0.701. The number of likely N-dealkylation sites (tertiary alicyclic amines) is 1. The van der Waals surface area contributed by atoms with Gasteiger partial charge in [0, 0.05) is 25.2 Å². The van der Waals surface area contributed by atoms with Crippen LogP contribution in [0.1, 0.15) is 25.0 Å². The van der Waals surface area contributed by atoms with Gasteiger partial charge in [0.05, 0.1) is 0 Å². The second kappa shape index (κ2) is 7.24. The Morgan fingerprint density at radius 1 is 1.55 bits per heavy atom. The molecule has 1 aromatic heterocycles. The number of aliphatic carboxylic acids is 1. The summed E-state index contributed by atoms with van der Waals surface area (Å²) in [4.78, 5) is 17.3. The van der Waals surface area contributed by atoms with Crippen LogP contribution in [-0.2, 0) is 4.79 Å². The SMILES string of the molecule is Cc1cccc(NCC2CCN(CCCC(=O)O)C2)n1. The first kappa shape index (κ1) is 14.8. The quantitative estimate of drug-likeness (QED) is 0.798. The van der Waals surface area contributed by atoms with Gasteiger partial charge < -0.3 is 15.3 Å². The molecule has 110 valence electrons. The fourth-order valence-electron chi connectivity index (χ4n) is 2.63. The number of carboxylic acids is 1. The van der Waals surface area contributed by atoms with Crippen molar-refractivity contribution in [1.82, 2.24) is 9.88 Å². The summed E-state index contributed by atoms with van der Waals surface area (Å²) in [6.45, 7) is 5.95. The molecule has 1 aliphatic heterocycles. The van der Waals surface area contributed by atoms with E-state index in [1.165, 1.54) is 6.42 Å². The highest BCUT2D eigenvalue weighted by atomic mass is 16.4. The lowest BCUT2D eigenvalue weighted by molar-refractivity contribution is -0.137. The second-order valence-electron chi connectivity index (χ2n) is 5.50. The van der Waals surface area contributed by atoms with Gasteiger partial charge in [-0.2, -0.15) is 0 Å². The molecule has 5 nitrogen and oxygen atoms in total. The second-order valence-corrected chi connectivity index (χ2v) is 5.50. The number of carboxylic acid groups (broad SMARTS) is 1. The van der Waals surface area contributed by atoms with E-state index >= 15 is 0 Å². The minimum Gasteiger partial charge on any atom is -0.481 e. The molecule has 0 saturated carbocycles. The van der Waals surface area contributed by atoms with E-state index in [1.807, 2.05) is 25.1 Å². The molecule has 1 fully saturated rings. The molecule has 1 atom stereocenters. The van der Waals surface area contributed by atoms with Gasteiger partial charge in [0.15, 0.2) is 0 Å². The molecule has 0 radical (unpaired) electrons. The summed E-state index contributed by atoms with van der Waals surface area (Å²) in [5.41, 5.74) is 1.02. The third-order valence-electron chi connectivity index (χ3n) is 3.70. The number of anilines is 1. The maximum Gasteiger partial charge on any atom is 0.303 e. The Morgan fingerprint density at radius 3 is 3.15 bits per heavy atom. The zero-order valence-electron chi connectivity index (χ0n) is 12.0. The number of pyridine rings is 1. The molecule has 0 aromatic carbocycles. The third-order valence-corrected chi connectivity index (χ3v) is 3.70. The lowest BCUT2D eigenvalue weighted by Gasteiger charge is -2.16. The van der Waals surface area contributed by atoms with Crippen LogP contribution >= 0.6 is 0 Å². The van der Waals surface area contributed by atoms with Gasteiger partial charge in [-0.1, -0.05) is 6.07 Å². The van der Waals surface area contributed by atoms with Crippen molar-refractivity contribution in [3.05, 3.63) is 23.9 Å². The van der Waals surface area contributed by atoms with Crippen molar-refractivity contribution < 1.29 is 9.90 Å². The van der Waals surface area contributed by atoms with Crippen molar-refractivity contribution in [2.24, 2.45) is 5.92 Å². The summed E-state index contributed by atoms with van der Waals surface area (Å²) in [6.07, 6.45) is 2.19. The van der Waals surface area contributed by atoms with Crippen molar-refractivity contribution in [2.75, 3.05) is 31.5 Å². The van der Waals surface area contributed by atoms with Crippen LogP contribution in [-0.4, -0.2) is 47.1 Å². The standard InChI is InChI=1S/C15H23N3O2/c1-12-4-2-5-14(17-12)16-10-13-7-9-18(11-13)8-3-6-15(19)20/h2,4-5,13H,3,6-11H2,1H3,(H,16,17)(H,19,20). The molecule has 2 heterocycles. The van der Waals surface area contributed by atoms with E-state index in [2.05, 4.69) is 15.2 Å². The topological polar surface area (TPSA) is 65.5 Å². The number of rotatable bonds is 7. The largest absolute Gasteiger partial charge is 0.481 e. The average Bonchev–Trinajstić information content (AvgIpc) is 2.84. The Bertz CT molecular complexity index is 450. The van der Waals surface area contributed by atoms with Crippen molar-refractivity contribution >= 4 is 11.8 Å². The molecule has 1 saturated heterocycles. The molecule has 2 rings (SSSR count). The maximum absolute atomic E-state index is 10.5. The lowest BCUT2D eigenvalue weighted by atomic mass is 10.1. The van der Waals surface area contributed by atoms with Crippen LogP contribution in [0, 0.1) is 12.8 Å². The van der Waals surface area contributed by atoms with Crippen LogP contribution in [0.25, 0.3) is 0 Å². The number of aryl methyl sites for hydroxylation is 1. The Labute approximate surface area is 120 Å². The van der Waals surface area contributed by atoms with Crippen molar-refractivity contribution in [1.29, 1.82) is 0 Å². The average molecular weight is 277 g/mol. The smallest absolute Gasteiger partial charge is 0.303 e. The first-order valence-corrected chi connectivity index (χ1v) is 7.25. The van der Waals surface area contributed by atoms with Gasteiger partial charge in [0.25, 0.3) is 0 Å². The van der Waals surface area contributed by atoms with Gasteiger partial charge >= 0.3 is 5.97 Å². The molecule has 20 heavy (non-hydrogen) atoms. The predicted molar refractivity (Wildman–Crippen MR) is 78.9 cm³/mol. The van der Waals surface area contributed by atoms with E-state index in [0.717, 1.165) is 44.1 Å². The van der Waals surface area contributed by atoms with E-state index in [9.17, 15) is 4.79 Å². The summed E-state index contributed by atoms with van der Waals surface area (Å²) in [5, 5.41) is 12.0. The van der Waals surface area contributed by atoms with Gasteiger partial charge in [-0.3, -0.25) is 4.79 Å². The highest BCUT2D eigenvalue weighted by Gasteiger charge is 2.21. The number of nitrogens with one attached hydrogen (secondary N) is 1. The third kappa shape index (κ3) is 4.81. The Hall–Kier alpha value is -1.62. The molecule has 1 unspecified atom stereocenters. The zero-order valence-corrected chi connectivity index (χ0v) is 12.0. The van der Waals surface area contributed by atoms with Crippen molar-refractivity contribution in [2.45, 2.75) is 26.2 Å². The molecular formula is C15H23N3O2. The summed E-state index contributed by atoms with van der Waals surface area (Å²) < 4.78 is 0. The molecule has 0 bridgehead atoms. The van der Waals surface area contributed by atoms with Crippen LogP contribution in [0.2, 0.25) is 0 Å². The molecule has 0 spiro atoms. The molecular weight excluding hydrogens is 254 g/mol. The van der Waals surface area contributed by atoms with E-state index in [0.29, 0.717) is 5.92 Å². The Kier molecular flexibility index (Phi) is 5.35. The number of nitrogens with zero attached hydrogens (tertiary/aromatic N) is 2. The molecule has 1 aromatic rings. The van der Waals surface area contributed by atoms with Crippen molar-refractivity contribution in [3.8, 4) is 0 Å². The maximum atomic E-state index is 10.5. The highest BCUT2D eigenvalue weighted by molar-refractivity contribution is 5.66. The lowest BCUT2D eigenvalue weighted by Crippen LogP contribution is -2.24. The number of aromatic nitrogens is 1. The first-order valence-electron chi connectivity index (χ1n) is 7.25. The van der Waals surface area contributed by atoms with E-state index in [1.54, 1.807) is 0 Å².